The van der Waals surface area contributed by atoms with E-state index in [1.54, 1.807) is 17.5 Å². The summed E-state index contributed by atoms with van der Waals surface area (Å²) in [6.07, 6.45) is 0. The zero-order valence-electron chi connectivity index (χ0n) is 13.6. The second kappa shape index (κ2) is 7.80. The molecule has 3 aromatic rings. The number of hydrogen-bond donors (Lipinski definition) is 0. The normalized spacial score (nSPS) is 10.6. The van der Waals surface area contributed by atoms with Crippen LogP contribution in [0.4, 0.5) is 19.6 Å². The number of aromatic nitrogens is 1. The number of carbonyl (C=O) groups is 1. The first kappa shape index (κ1) is 18.3. The Hall–Kier alpha value is -2.51. The average Bonchev–Trinajstić information content (AvgIpc) is 3.04. The number of anilines is 2. The predicted octanol–water partition coefficient (Wildman–Crippen LogP) is 5.34. The summed E-state index contributed by atoms with van der Waals surface area (Å²) in [6, 6.07) is 9.79. The second-order valence-electron chi connectivity index (χ2n) is 5.29. The van der Waals surface area contributed by atoms with Crippen LogP contribution in [0.3, 0.4) is 0 Å². The Bertz CT molecular complexity index is 948. The molecule has 0 unspecified atom stereocenters. The first-order valence-corrected chi connectivity index (χ1v) is 8.79. The summed E-state index contributed by atoms with van der Waals surface area (Å²) in [5.74, 6) is -1.02. The number of rotatable bonds is 5. The Kier molecular flexibility index (Phi) is 5.49. The van der Waals surface area contributed by atoms with E-state index in [4.69, 9.17) is 16.3 Å². The van der Waals surface area contributed by atoms with Crippen LogP contribution in [0, 0.1) is 11.6 Å². The molecule has 4 nitrogen and oxygen atoms in total. The Morgan fingerprint density at radius 2 is 2.04 bits per heavy atom. The quantitative estimate of drug-likeness (QED) is 0.586. The van der Waals surface area contributed by atoms with Crippen LogP contribution in [0.25, 0.3) is 0 Å². The summed E-state index contributed by atoms with van der Waals surface area (Å²) in [7, 11) is 0. The highest BCUT2D eigenvalue weighted by Gasteiger charge is 2.21. The third kappa shape index (κ3) is 4.00. The molecule has 0 N–H and O–H groups in total. The number of amides is 1. The molecule has 0 radical (unpaired) electrons. The zero-order chi connectivity index (χ0) is 18.7. The molecule has 0 bridgehead atoms. The first-order valence-electron chi connectivity index (χ1n) is 7.53. The van der Waals surface area contributed by atoms with Gasteiger partial charge < -0.3 is 4.74 Å². The standard InChI is InChI=1S/C18H13ClF2N2O2S/c1-11(24)23(16-5-3-2-4-15(16)21)18-22-13(10-26-18)9-25-17-7-6-12(20)8-14(17)19/h2-8,10H,9H2,1H3. The third-order valence-corrected chi connectivity index (χ3v) is 4.58. The SMILES string of the molecule is CC(=O)N(c1nc(COc2ccc(F)cc2Cl)cs1)c1ccccc1F. The lowest BCUT2D eigenvalue weighted by Crippen LogP contribution is -2.23. The summed E-state index contributed by atoms with van der Waals surface area (Å²) < 4.78 is 32.6. The lowest BCUT2D eigenvalue weighted by atomic mass is 10.3. The van der Waals surface area contributed by atoms with Gasteiger partial charge in [-0.25, -0.2) is 13.8 Å². The summed E-state index contributed by atoms with van der Waals surface area (Å²) in [5, 5.41) is 2.17. The predicted molar refractivity (Wildman–Crippen MR) is 97.1 cm³/mol. The lowest BCUT2D eigenvalue weighted by Gasteiger charge is -2.18. The van der Waals surface area contributed by atoms with E-state index < -0.39 is 11.6 Å². The topological polar surface area (TPSA) is 42.4 Å². The molecule has 2 aromatic carbocycles. The average molecular weight is 395 g/mol. The largest absolute Gasteiger partial charge is 0.486 e. The number of ether oxygens (including phenoxy) is 1. The number of benzene rings is 2. The Labute approximate surface area is 157 Å². The molecule has 0 saturated carbocycles. The van der Waals surface area contributed by atoms with E-state index in [0.29, 0.717) is 16.6 Å². The molecule has 1 aromatic heterocycles. The Morgan fingerprint density at radius 3 is 2.73 bits per heavy atom. The molecule has 8 heteroatoms. The maximum Gasteiger partial charge on any atom is 0.230 e. The van der Waals surface area contributed by atoms with Crippen LogP contribution in [0.1, 0.15) is 12.6 Å². The van der Waals surface area contributed by atoms with Gasteiger partial charge in [0.2, 0.25) is 5.91 Å². The molecular formula is C18H13ClF2N2O2S. The fourth-order valence-electron chi connectivity index (χ4n) is 2.25. The van der Waals surface area contributed by atoms with Crippen LogP contribution < -0.4 is 9.64 Å². The Balaban J connectivity index is 1.79. The van der Waals surface area contributed by atoms with Crippen molar-refractivity contribution in [3.05, 3.63) is 70.2 Å². The van der Waals surface area contributed by atoms with E-state index in [1.807, 2.05) is 0 Å². The van der Waals surface area contributed by atoms with Gasteiger partial charge in [-0.05, 0) is 30.3 Å². The number of halogens is 3. The monoisotopic (exact) mass is 394 g/mol. The van der Waals surface area contributed by atoms with Gasteiger partial charge in [-0.3, -0.25) is 9.69 Å². The van der Waals surface area contributed by atoms with E-state index in [0.717, 1.165) is 6.07 Å². The van der Waals surface area contributed by atoms with Gasteiger partial charge >= 0.3 is 0 Å². The van der Waals surface area contributed by atoms with Crippen LogP contribution in [0.5, 0.6) is 5.75 Å². The van der Waals surface area contributed by atoms with Crippen LogP contribution in [0.15, 0.2) is 47.8 Å². The van der Waals surface area contributed by atoms with Gasteiger partial charge in [-0.1, -0.05) is 23.7 Å². The minimum absolute atomic E-state index is 0.0743. The summed E-state index contributed by atoms with van der Waals surface area (Å²) >= 11 is 7.10. The molecule has 0 saturated heterocycles. The lowest BCUT2D eigenvalue weighted by molar-refractivity contribution is -0.115. The van der Waals surface area contributed by atoms with Crippen LogP contribution in [-0.4, -0.2) is 10.9 Å². The Morgan fingerprint density at radius 1 is 1.27 bits per heavy atom. The van der Waals surface area contributed by atoms with E-state index in [1.165, 1.54) is 47.4 Å². The van der Waals surface area contributed by atoms with Gasteiger partial charge in [-0.15, -0.1) is 11.3 Å². The van der Waals surface area contributed by atoms with Gasteiger partial charge in [0.05, 0.1) is 16.4 Å². The molecule has 1 amide bonds. The minimum Gasteiger partial charge on any atom is -0.486 e. The molecule has 26 heavy (non-hydrogen) atoms. The number of hydrogen-bond acceptors (Lipinski definition) is 4. The number of thiazole rings is 1. The minimum atomic E-state index is -0.520. The molecule has 0 aliphatic heterocycles. The molecule has 0 atom stereocenters. The fourth-order valence-corrected chi connectivity index (χ4v) is 3.34. The van der Waals surface area contributed by atoms with Crippen molar-refractivity contribution < 1.29 is 18.3 Å². The molecule has 3 rings (SSSR count). The van der Waals surface area contributed by atoms with Crippen molar-refractivity contribution in [2.45, 2.75) is 13.5 Å². The number of para-hydroxylation sites is 1. The smallest absolute Gasteiger partial charge is 0.230 e. The summed E-state index contributed by atoms with van der Waals surface area (Å²) in [5.41, 5.74) is 0.663. The van der Waals surface area contributed by atoms with Crippen LogP contribution >= 0.6 is 22.9 Å². The van der Waals surface area contributed by atoms with Crippen LogP contribution in [-0.2, 0) is 11.4 Å². The van der Waals surface area contributed by atoms with Crippen molar-refractivity contribution in [3.8, 4) is 5.75 Å². The molecule has 0 aliphatic carbocycles. The van der Waals surface area contributed by atoms with E-state index in [-0.39, 0.29) is 23.2 Å². The fraction of sp³-hybridized carbons (Fsp3) is 0.111. The maximum atomic E-state index is 14.1. The molecule has 0 aliphatic rings. The number of nitrogens with zero attached hydrogens (tertiary/aromatic N) is 2. The van der Waals surface area contributed by atoms with Crippen LogP contribution in [0.2, 0.25) is 5.02 Å². The molecule has 134 valence electrons. The molecule has 0 fully saturated rings. The highest BCUT2D eigenvalue weighted by molar-refractivity contribution is 7.14. The van der Waals surface area contributed by atoms with Crippen molar-refractivity contribution >= 4 is 39.7 Å². The maximum absolute atomic E-state index is 14.1. The van der Waals surface area contributed by atoms with Crippen molar-refractivity contribution in [1.82, 2.24) is 4.98 Å². The first-order chi connectivity index (χ1) is 12.5. The van der Waals surface area contributed by atoms with Crippen molar-refractivity contribution in [2.75, 3.05) is 4.90 Å². The second-order valence-corrected chi connectivity index (χ2v) is 6.53. The van der Waals surface area contributed by atoms with Gasteiger partial charge in [0, 0.05) is 12.3 Å². The van der Waals surface area contributed by atoms with Gasteiger partial charge in [0.15, 0.2) is 5.13 Å². The van der Waals surface area contributed by atoms with Crippen molar-refractivity contribution in [2.24, 2.45) is 0 Å². The molecule has 0 spiro atoms. The van der Waals surface area contributed by atoms with E-state index in [9.17, 15) is 13.6 Å². The third-order valence-electron chi connectivity index (χ3n) is 3.41. The van der Waals surface area contributed by atoms with Crippen molar-refractivity contribution in [3.63, 3.8) is 0 Å². The zero-order valence-corrected chi connectivity index (χ0v) is 15.2. The van der Waals surface area contributed by atoms with Gasteiger partial charge in [0.1, 0.15) is 24.0 Å². The molecular weight excluding hydrogens is 382 g/mol. The van der Waals surface area contributed by atoms with Gasteiger partial charge in [-0.2, -0.15) is 0 Å². The highest BCUT2D eigenvalue weighted by Crippen LogP contribution is 2.31. The van der Waals surface area contributed by atoms with Crippen molar-refractivity contribution in [1.29, 1.82) is 0 Å². The van der Waals surface area contributed by atoms with E-state index >= 15 is 0 Å². The summed E-state index contributed by atoms with van der Waals surface area (Å²) in [6.45, 7) is 1.41. The summed E-state index contributed by atoms with van der Waals surface area (Å²) in [4.78, 5) is 17.5. The van der Waals surface area contributed by atoms with E-state index in [2.05, 4.69) is 4.98 Å². The highest BCUT2D eigenvalue weighted by atomic mass is 35.5. The van der Waals surface area contributed by atoms with Gasteiger partial charge in [0.25, 0.3) is 0 Å². The number of carbonyl (C=O) groups excluding carboxylic acids is 1. The molecule has 1 heterocycles.